The number of nitrogens with one attached hydrogen (secondary N) is 1. The van der Waals surface area contributed by atoms with E-state index in [1.807, 2.05) is 0 Å². The molecule has 0 aliphatic carbocycles. The van der Waals surface area contributed by atoms with Crippen molar-refractivity contribution in [1.29, 1.82) is 5.26 Å². The number of hydrogen-bond acceptors (Lipinski definition) is 5. The van der Waals surface area contributed by atoms with E-state index in [4.69, 9.17) is 0 Å². The van der Waals surface area contributed by atoms with Crippen LogP contribution >= 0.6 is 0 Å². The summed E-state index contributed by atoms with van der Waals surface area (Å²) in [5.41, 5.74) is 0.161. The number of aromatic amines is 1. The maximum absolute atomic E-state index is 12.1. The smallest absolute Gasteiger partial charge is 0.325 e. The zero-order valence-electron chi connectivity index (χ0n) is 13.7. The topological polar surface area (TPSA) is 127 Å². The Labute approximate surface area is 140 Å². The molecule has 126 valence electrons. The number of imidazole rings is 1. The van der Waals surface area contributed by atoms with E-state index < -0.39 is 10.5 Å². The summed E-state index contributed by atoms with van der Waals surface area (Å²) >= 11 is 0. The number of nitriles is 1. The van der Waals surface area contributed by atoms with Gasteiger partial charge in [0.15, 0.2) is 0 Å². The first kappa shape index (κ1) is 16.2. The van der Waals surface area contributed by atoms with Gasteiger partial charge >= 0.3 is 5.69 Å². The Hall–Kier alpha value is -3.67. The third-order valence-corrected chi connectivity index (χ3v) is 4.16. The molecule has 0 saturated carbocycles. The van der Waals surface area contributed by atoms with Crippen LogP contribution in [-0.2, 0) is 14.1 Å². The molecule has 0 bridgehead atoms. The van der Waals surface area contributed by atoms with Gasteiger partial charge in [0.1, 0.15) is 11.6 Å². The number of benzene rings is 1. The van der Waals surface area contributed by atoms with E-state index in [0.717, 1.165) is 0 Å². The summed E-state index contributed by atoms with van der Waals surface area (Å²) in [5.74, 6) is 0. The summed E-state index contributed by atoms with van der Waals surface area (Å²) in [6.45, 7) is 1.62. The van der Waals surface area contributed by atoms with E-state index in [2.05, 4.69) is 4.98 Å². The van der Waals surface area contributed by atoms with E-state index in [-0.39, 0.29) is 28.1 Å². The predicted molar refractivity (Wildman–Crippen MR) is 90.3 cm³/mol. The van der Waals surface area contributed by atoms with Crippen LogP contribution in [0.3, 0.4) is 0 Å². The van der Waals surface area contributed by atoms with Gasteiger partial charge in [-0.15, -0.1) is 0 Å². The Balaban J connectivity index is 2.53. The number of H-pyrrole nitrogens is 1. The number of aromatic nitrogens is 3. The van der Waals surface area contributed by atoms with Gasteiger partial charge in [0.25, 0.3) is 11.2 Å². The van der Waals surface area contributed by atoms with Gasteiger partial charge < -0.3 is 4.98 Å². The maximum atomic E-state index is 12.1. The van der Waals surface area contributed by atoms with Crippen LogP contribution in [-0.4, -0.2) is 19.0 Å². The van der Waals surface area contributed by atoms with Gasteiger partial charge in [-0.2, -0.15) is 5.26 Å². The number of aryl methyl sites for hydroxylation is 3. The minimum absolute atomic E-state index is 0.115. The van der Waals surface area contributed by atoms with Crippen LogP contribution in [0, 0.1) is 28.4 Å². The lowest BCUT2D eigenvalue weighted by molar-refractivity contribution is -0.384. The van der Waals surface area contributed by atoms with Crippen LogP contribution < -0.4 is 11.2 Å². The highest BCUT2D eigenvalue weighted by atomic mass is 16.6. The molecule has 9 heteroatoms. The number of nitro benzene ring substituents is 1. The van der Waals surface area contributed by atoms with Crippen LogP contribution in [0.15, 0.2) is 27.8 Å². The molecule has 25 heavy (non-hydrogen) atoms. The molecule has 0 aliphatic heterocycles. The molecule has 0 saturated heterocycles. The molecule has 1 aromatic carbocycles. The van der Waals surface area contributed by atoms with E-state index in [9.17, 15) is 25.0 Å². The zero-order valence-corrected chi connectivity index (χ0v) is 13.7. The Morgan fingerprint density at radius 1 is 1.12 bits per heavy atom. The van der Waals surface area contributed by atoms with Crippen molar-refractivity contribution in [1.82, 2.24) is 14.1 Å². The van der Waals surface area contributed by atoms with Gasteiger partial charge in [-0.25, -0.2) is 4.79 Å². The van der Waals surface area contributed by atoms with Crippen molar-refractivity contribution in [3.63, 3.8) is 0 Å². The Bertz CT molecular complexity index is 1210. The minimum Gasteiger partial charge on any atom is -0.325 e. The highest BCUT2D eigenvalue weighted by Gasteiger charge is 2.23. The molecule has 1 N–H and O–H groups in total. The molecule has 0 radical (unpaired) electrons. The molecule has 3 aromatic rings. The Kier molecular flexibility index (Phi) is 3.53. The molecule has 0 spiro atoms. The first-order valence-corrected chi connectivity index (χ1v) is 7.24. The van der Waals surface area contributed by atoms with Gasteiger partial charge in [-0.3, -0.25) is 24.0 Å². The van der Waals surface area contributed by atoms with Crippen LogP contribution in [0.25, 0.3) is 22.2 Å². The van der Waals surface area contributed by atoms with Crippen molar-refractivity contribution in [2.45, 2.75) is 6.92 Å². The summed E-state index contributed by atoms with van der Waals surface area (Å²) in [4.78, 5) is 37.6. The number of nitro groups is 1. The molecule has 0 unspecified atom stereocenters. The van der Waals surface area contributed by atoms with Crippen molar-refractivity contribution in [2.75, 3.05) is 0 Å². The van der Waals surface area contributed by atoms with Crippen molar-refractivity contribution in [2.24, 2.45) is 14.1 Å². The lowest BCUT2D eigenvalue weighted by atomic mass is 9.98. The lowest BCUT2D eigenvalue weighted by Gasteiger charge is -2.07. The largest absolute Gasteiger partial charge is 0.328 e. The first-order chi connectivity index (χ1) is 11.8. The Morgan fingerprint density at radius 3 is 2.28 bits per heavy atom. The second kappa shape index (κ2) is 5.45. The summed E-state index contributed by atoms with van der Waals surface area (Å²) < 4.78 is 2.66. The Morgan fingerprint density at radius 2 is 1.72 bits per heavy atom. The predicted octanol–water partition coefficient (Wildman–Crippen LogP) is 1.32. The molecule has 0 amide bonds. The van der Waals surface area contributed by atoms with E-state index in [1.165, 1.54) is 34.4 Å². The van der Waals surface area contributed by atoms with Crippen LogP contribution in [0.4, 0.5) is 5.69 Å². The van der Waals surface area contributed by atoms with E-state index in [0.29, 0.717) is 16.7 Å². The fourth-order valence-corrected chi connectivity index (χ4v) is 2.91. The van der Waals surface area contributed by atoms with Gasteiger partial charge in [0.05, 0.1) is 21.5 Å². The SMILES string of the molecule is Cc1cc(-c2cc3c(cc2[N+](=O)[O-])n(C)c(=O)n3C)c(C#N)c(=O)[nH]1. The summed E-state index contributed by atoms with van der Waals surface area (Å²) in [5, 5.41) is 20.9. The monoisotopic (exact) mass is 339 g/mol. The molecule has 3 rings (SSSR count). The quantitative estimate of drug-likeness (QED) is 0.556. The summed E-state index contributed by atoms with van der Waals surface area (Å²) in [7, 11) is 3.07. The fraction of sp³-hybridized carbons (Fsp3) is 0.188. The second-order valence-electron chi connectivity index (χ2n) is 5.70. The summed E-state index contributed by atoms with van der Waals surface area (Å²) in [6, 6.07) is 6.05. The van der Waals surface area contributed by atoms with Gasteiger partial charge in [-0.05, 0) is 19.1 Å². The number of fused-ring (bicyclic) bond motifs is 1. The molecule has 0 atom stereocenters. The average molecular weight is 339 g/mol. The average Bonchev–Trinajstić information content (AvgIpc) is 2.77. The fourth-order valence-electron chi connectivity index (χ4n) is 2.91. The molecular formula is C16H13N5O4. The molecule has 2 aromatic heterocycles. The second-order valence-corrected chi connectivity index (χ2v) is 5.70. The number of rotatable bonds is 2. The zero-order chi connectivity index (χ0) is 18.5. The van der Waals surface area contributed by atoms with Crippen LogP contribution in [0.1, 0.15) is 11.3 Å². The highest BCUT2D eigenvalue weighted by Crippen LogP contribution is 2.34. The number of nitrogens with zero attached hydrogens (tertiary/aromatic N) is 4. The third-order valence-electron chi connectivity index (χ3n) is 4.16. The van der Waals surface area contributed by atoms with E-state index in [1.54, 1.807) is 20.0 Å². The molecular weight excluding hydrogens is 326 g/mol. The van der Waals surface area contributed by atoms with Crippen LogP contribution in [0.2, 0.25) is 0 Å². The van der Waals surface area contributed by atoms with Crippen molar-refractivity contribution >= 4 is 16.7 Å². The minimum atomic E-state index is -0.617. The van der Waals surface area contributed by atoms with E-state index >= 15 is 0 Å². The molecule has 0 fully saturated rings. The van der Waals surface area contributed by atoms with Gasteiger partial charge in [-0.1, -0.05) is 0 Å². The highest BCUT2D eigenvalue weighted by molar-refractivity contribution is 5.90. The molecule has 9 nitrogen and oxygen atoms in total. The number of hydrogen-bond donors (Lipinski definition) is 1. The lowest BCUT2D eigenvalue weighted by Crippen LogP contribution is -2.19. The first-order valence-electron chi connectivity index (χ1n) is 7.24. The third kappa shape index (κ3) is 2.31. The van der Waals surface area contributed by atoms with Gasteiger partial charge in [0, 0.05) is 31.4 Å². The molecule has 0 aliphatic rings. The standard InChI is InChI=1S/C16H13N5O4/c1-8-4-9(11(7-17)15(22)18-8)10-5-13-14(6-12(10)21(24)25)20(3)16(23)19(13)2/h4-6H,1-3H3,(H,18,22). The van der Waals surface area contributed by atoms with Crippen molar-refractivity contribution in [3.8, 4) is 17.2 Å². The van der Waals surface area contributed by atoms with Crippen molar-refractivity contribution in [3.05, 3.63) is 60.4 Å². The number of pyridine rings is 1. The normalized spacial score (nSPS) is 10.8. The molecule has 2 heterocycles. The van der Waals surface area contributed by atoms with Gasteiger partial charge in [0.2, 0.25) is 0 Å². The maximum Gasteiger partial charge on any atom is 0.328 e. The van der Waals surface area contributed by atoms with Crippen molar-refractivity contribution < 1.29 is 4.92 Å². The summed E-state index contributed by atoms with van der Waals surface area (Å²) in [6.07, 6.45) is 0. The van der Waals surface area contributed by atoms with Crippen LogP contribution in [0.5, 0.6) is 0 Å².